The molecule has 22 heavy (non-hydrogen) atoms. The van der Waals surface area contributed by atoms with E-state index in [1.54, 1.807) is 6.92 Å². The molecule has 0 radical (unpaired) electrons. The maximum absolute atomic E-state index is 7.57. The van der Waals surface area contributed by atoms with Gasteiger partial charge in [0.2, 0.25) is 0 Å². The Hall–Kier alpha value is 0.210. The molecule has 0 aliphatic rings. The Morgan fingerprint density at radius 2 is 0.864 bits per heavy atom. The second-order valence-electron chi connectivity index (χ2n) is 7.22. The van der Waals surface area contributed by atoms with Gasteiger partial charge in [0.15, 0.2) is 0 Å². The van der Waals surface area contributed by atoms with Crippen LogP contribution >= 0.6 is 0 Å². The van der Waals surface area contributed by atoms with E-state index in [0.29, 0.717) is 0 Å². The minimum absolute atomic E-state index is 0. The van der Waals surface area contributed by atoms with Crippen LogP contribution in [-0.4, -0.2) is 43.9 Å². The lowest BCUT2D eigenvalue weighted by Crippen LogP contribution is -3.00. The van der Waals surface area contributed by atoms with Crippen molar-refractivity contribution in [3.8, 4) is 0 Å². The molecule has 3 heteroatoms. The van der Waals surface area contributed by atoms with E-state index in [4.69, 9.17) is 5.11 Å². The first-order valence-corrected chi connectivity index (χ1v) is 9.39. The molecule has 0 aromatic carbocycles. The number of hydrogen-bond donors (Lipinski definition) is 1. The highest BCUT2D eigenvalue weighted by Gasteiger charge is 2.04. The van der Waals surface area contributed by atoms with E-state index >= 15 is 0 Å². The predicted octanol–water partition coefficient (Wildman–Crippen LogP) is 2.40. The van der Waals surface area contributed by atoms with E-state index in [1.165, 1.54) is 83.6 Å². The van der Waals surface area contributed by atoms with Crippen molar-refractivity contribution < 1.29 is 22.0 Å². The van der Waals surface area contributed by atoms with Crippen molar-refractivity contribution in [2.24, 2.45) is 0 Å². The fourth-order valence-electron chi connectivity index (χ4n) is 2.43. The quantitative estimate of drug-likeness (QED) is 0.404. The van der Waals surface area contributed by atoms with Crippen LogP contribution < -0.4 is 12.4 Å². The van der Waals surface area contributed by atoms with Gasteiger partial charge in [-0.1, -0.05) is 71.1 Å². The van der Waals surface area contributed by atoms with Crippen molar-refractivity contribution in [3.63, 3.8) is 0 Å². The third-order valence-electron chi connectivity index (χ3n) is 3.68. The maximum Gasteiger partial charge on any atom is 0.0780 e. The van der Waals surface area contributed by atoms with E-state index < -0.39 is 0 Å². The molecule has 0 heterocycles. The Balaban J connectivity index is -0.000000827. The molecule has 0 aliphatic carbocycles. The molecule has 2 nitrogen and oxygen atoms in total. The lowest BCUT2D eigenvalue weighted by atomic mass is 10.1. The van der Waals surface area contributed by atoms with Crippen LogP contribution in [0, 0.1) is 0 Å². The first-order chi connectivity index (χ1) is 9.97. The summed E-state index contributed by atoms with van der Waals surface area (Å²) in [5, 5.41) is 7.57. The molecule has 0 saturated heterocycles. The van der Waals surface area contributed by atoms with Crippen molar-refractivity contribution in [2.75, 3.05) is 34.3 Å². The average molecular weight is 338 g/mol. The molecule has 0 saturated carbocycles. The summed E-state index contributed by atoms with van der Waals surface area (Å²) < 4.78 is 1.12. The van der Waals surface area contributed by atoms with E-state index in [9.17, 15) is 0 Å². The molecule has 0 rings (SSSR count). The third kappa shape index (κ3) is 32.2. The molecule has 1 N–H and O–H groups in total. The van der Waals surface area contributed by atoms with Gasteiger partial charge in [-0.3, -0.25) is 0 Å². The molecule has 0 aliphatic heterocycles. The largest absolute Gasteiger partial charge is 1.00 e. The Kier molecular flexibility index (Phi) is 26.1. The van der Waals surface area contributed by atoms with E-state index in [1.807, 2.05) is 0 Å². The summed E-state index contributed by atoms with van der Waals surface area (Å²) in [5.74, 6) is 0. The van der Waals surface area contributed by atoms with E-state index in [2.05, 4.69) is 28.1 Å². The Morgan fingerprint density at radius 1 is 0.591 bits per heavy atom. The van der Waals surface area contributed by atoms with Gasteiger partial charge in [0.1, 0.15) is 0 Å². The van der Waals surface area contributed by atoms with Gasteiger partial charge in [-0.05, 0) is 19.8 Å². The molecule has 0 bridgehead atoms. The summed E-state index contributed by atoms with van der Waals surface area (Å²) in [7, 11) is 6.87. The number of aliphatic hydroxyl groups excluding tert-OH is 1. The fraction of sp³-hybridized carbons (Fsp3) is 1.00. The first-order valence-electron chi connectivity index (χ1n) is 9.39. The lowest BCUT2D eigenvalue weighted by molar-refractivity contribution is -0.870. The van der Waals surface area contributed by atoms with Crippen LogP contribution in [0.15, 0.2) is 0 Å². The zero-order chi connectivity index (χ0) is 16.4. The van der Waals surface area contributed by atoms with Gasteiger partial charge >= 0.3 is 0 Å². The number of halogens is 1. The van der Waals surface area contributed by atoms with Crippen molar-refractivity contribution in [2.45, 2.75) is 90.9 Å². The van der Waals surface area contributed by atoms with Crippen LogP contribution in [0.25, 0.3) is 0 Å². The van der Waals surface area contributed by atoms with Gasteiger partial charge in [-0.25, -0.2) is 0 Å². The smallest absolute Gasteiger partial charge is 0.0780 e. The molecular formula is C19H44ClNO. The third-order valence-corrected chi connectivity index (χ3v) is 3.68. The Labute approximate surface area is 147 Å². The first kappa shape index (κ1) is 27.1. The normalized spacial score (nSPS) is 10.6. The molecule has 0 atom stereocenters. The van der Waals surface area contributed by atoms with Crippen molar-refractivity contribution in [1.82, 2.24) is 0 Å². The number of rotatable bonds is 13. The van der Waals surface area contributed by atoms with Crippen LogP contribution in [0.4, 0.5) is 0 Å². The number of hydrogen-bond acceptors (Lipinski definition) is 1. The summed E-state index contributed by atoms with van der Waals surface area (Å²) >= 11 is 0. The Bertz CT molecular complexity index is 181. The number of nitrogens with zero attached hydrogens (tertiary/aromatic N) is 1. The molecule has 0 amide bonds. The summed E-state index contributed by atoms with van der Waals surface area (Å²) in [6.45, 7) is 5.55. The summed E-state index contributed by atoms with van der Waals surface area (Å²) in [6, 6.07) is 0. The van der Waals surface area contributed by atoms with Gasteiger partial charge in [-0.2, -0.15) is 0 Å². The van der Waals surface area contributed by atoms with Gasteiger partial charge in [0.05, 0.1) is 27.7 Å². The van der Waals surface area contributed by atoms with Gasteiger partial charge in [0.25, 0.3) is 0 Å². The van der Waals surface area contributed by atoms with Gasteiger partial charge < -0.3 is 22.0 Å². The van der Waals surface area contributed by atoms with Crippen molar-refractivity contribution >= 4 is 0 Å². The predicted molar refractivity (Wildman–Crippen MR) is 96.7 cm³/mol. The van der Waals surface area contributed by atoms with Crippen LogP contribution in [-0.2, 0) is 0 Å². The molecular weight excluding hydrogens is 294 g/mol. The van der Waals surface area contributed by atoms with Crippen LogP contribution in [0.5, 0.6) is 0 Å². The average Bonchev–Trinajstić information content (AvgIpc) is 2.40. The highest BCUT2D eigenvalue weighted by molar-refractivity contribution is 4.48. The number of aliphatic hydroxyl groups is 1. The highest BCUT2D eigenvalue weighted by Crippen LogP contribution is 2.12. The monoisotopic (exact) mass is 337 g/mol. The van der Waals surface area contributed by atoms with E-state index in [0.717, 1.165) is 4.48 Å². The number of unbranched alkanes of at least 4 members (excludes halogenated alkanes) is 11. The summed E-state index contributed by atoms with van der Waals surface area (Å²) in [5.41, 5.74) is 0. The minimum Gasteiger partial charge on any atom is -1.00 e. The topological polar surface area (TPSA) is 20.2 Å². The molecule has 0 fully saturated rings. The minimum atomic E-state index is 0. The molecule has 0 aromatic heterocycles. The second-order valence-corrected chi connectivity index (χ2v) is 7.22. The van der Waals surface area contributed by atoms with Gasteiger partial charge in [0, 0.05) is 6.61 Å². The molecule has 0 aromatic rings. The van der Waals surface area contributed by atoms with E-state index in [-0.39, 0.29) is 19.0 Å². The lowest BCUT2D eigenvalue weighted by Gasteiger charge is -2.23. The molecule has 0 unspecified atom stereocenters. The van der Waals surface area contributed by atoms with Crippen LogP contribution in [0.3, 0.4) is 0 Å². The summed E-state index contributed by atoms with van der Waals surface area (Å²) in [4.78, 5) is 0. The molecule has 0 spiro atoms. The summed E-state index contributed by atoms with van der Waals surface area (Å²) in [6.07, 6.45) is 17.4. The highest BCUT2D eigenvalue weighted by atomic mass is 35.5. The standard InChI is InChI=1S/C17H38N.C2H6O.ClH/c1-5-6-7-8-9-10-11-12-13-14-15-16-17-18(2,3)4;1-2-3;/h5-17H2,1-4H3;3H,2H2,1H3;1H/q+1;;/p-1. The van der Waals surface area contributed by atoms with Gasteiger partial charge in [-0.15, -0.1) is 0 Å². The number of quaternary nitrogens is 1. The second kappa shape index (κ2) is 21.2. The van der Waals surface area contributed by atoms with Crippen molar-refractivity contribution in [3.05, 3.63) is 0 Å². The zero-order valence-electron chi connectivity index (χ0n) is 16.2. The van der Waals surface area contributed by atoms with Crippen molar-refractivity contribution in [1.29, 1.82) is 0 Å². The van der Waals surface area contributed by atoms with Crippen LogP contribution in [0.2, 0.25) is 0 Å². The fourth-order valence-corrected chi connectivity index (χ4v) is 2.43. The maximum atomic E-state index is 7.57. The Morgan fingerprint density at radius 3 is 1.14 bits per heavy atom. The SMILES string of the molecule is CCCCCCCCCCCCCC[N+](C)(C)C.CCO.[Cl-]. The molecule has 138 valence electrons. The zero-order valence-corrected chi connectivity index (χ0v) is 16.9. The van der Waals surface area contributed by atoms with Crippen LogP contribution in [0.1, 0.15) is 90.9 Å².